The molecule has 0 saturated carbocycles. The van der Waals surface area contributed by atoms with Crippen LogP contribution in [0.2, 0.25) is 5.02 Å². The number of halogens is 2. The summed E-state index contributed by atoms with van der Waals surface area (Å²) in [5.74, 6) is -0.0276. The Morgan fingerprint density at radius 1 is 1.09 bits per heavy atom. The lowest BCUT2D eigenvalue weighted by atomic mass is 10.1. The summed E-state index contributed by atoms with van der Waals surface area (Å²) >= 11 is 6.10. The molecule has 0 atom stereocenters. The van der Waals surface area contributed by atoms with Crippen molar-refractivity contribution in [3.63, 3.8) is 0 Å². The van der Waals surface area contributed by atoms with E-state index in [1.165, 1.54) is 24.3 Å². The van der Waals surface area contributed by atoms with E-state index in [9.17, 15) is 9.18 Å². The number of rotatable bonds is 3. The van der Waals surface area contributed by atoms with Crippen LogP contribution in [0, 0.1) is 12.7 Å². The van der Waals surface area contributed by atoms with Crippen LogP contribution in [0.15, 0.2) is 59.0 Å². The molecular formula is C18H13ClFNO2. The third kappa shape index (κ3) is 3.27. The van der Waals surface area contributed by atoms with E-state index < -0.39 is 5.91 Å². The van der Waals surface area contributed by atoms with Crippen molar-refractivity contribution >= 4 is 23.2 Å². The first kappa shape index (κ1) is 15.3. The topological polar surface area (TPSA) is 42.2 Å². The summed E-state index contributed by atoms with van der Waals surface area (Å²) < 4.78 is 18.5. The van der Waals surface area contributed by atoms with E-state index in [1.807, 2.05) is 19.1 Å². The third-order valence-corrected chi connectivity index (χ3v) is 3.87. The molecule has 3 aromatic rings. The normalized spacial score (nSPS) is 10.6. The molecule has 0 bridgehead atoms. The van der Waals surface area contributed by atoms with Crippen molar-refractivity contribution in [1.29, 1.82) is 0 Å². The van der Waals surface area contributed by atoms with Gasteiger partial charge in [-0.2, -0.15) is 0 Å². The highest BCUT2D eigenvalue weighted by Crippen LogP contribution is 2.29. The van der Waals surface area contributed by atoms with Crippen LogP contribution in [-0.2, 0) is 0 Å². The fraction of sp³-hybridized carbons (Fsp3) is 0.0556. The molecule has 23 heavy (non-hydrogen) atoms. The average Bonchev–Trinajstić information content (AvgIpc) is 3.02. The van der Waals surface area contributed by atoms with Crippen LogP contribution < -0.4 is 5.32 Å². The van der Waals surface area contributed by atoms with Crippen molar-refractivity contribution in [1.82, 2.24) is 0 Å². The molecule has 0 fully saturated rings. The van der Waals surface area contributed by atoms with Gasteiger partial charge in [-0.15, -0.1) is 0 Å². The maximum absolute atomic E-state index is 12.9. The van der Waals surface area contributed by atoms with Crippen LogP contribution in [0.25, 0.3) is 11.3 Å². The lowest BCUT2D eigenvalue weighted by Gasteiger charge is -2.05. The van der Waals surface area contributed by atoms with Crippen molar-refractivity contribution in [2.45, 2.75) is 6.92 Å². The molecule has 0 radical (unpaired) electrons. The van der Waals surface area contributed by atoms with E-state index in [-0.39, 0.29) is 11.6 Å². The van der Waals surface area contributed by atoms with Crippen LogP contribution >= 0.6 is 11.6 Å². The van der Waals surface area contributed by atoms with Gasteiger partial charge in [-0.05, 0) is 55.0 Å². The van der Waals surface area contributed by atoms with Gasteiger partial charge in [-0.1, -0.05) is 23.7 Å². The summed E-state index contributed by atoms with van der Waals surface area (Å²) in [4.78, 5) is 12.2. The summed E-state index contributed by atoms with van der Waals surface area (Å²) in [7, 11) is 0. The zero-order valence-corrected chi connectivity index (χ0v) is 13.0. The molecule has 0 spiro atoms. The zero-order valence-electron chi connectivity index (χ0n) is 12.3. The van der Waals surface area contributed by atoms with Crippen molar-refractivity contribution in [3.05, 3.63) is 76.8 Å². The summed E-state index contributed by atoms with van der Waals surface area (Å²) in [5, 5.41) is 3.29. The van der Waals surface area contributed by atoms with Crippen LogP contribution in [-0.4, -0.2) is 5.91 Å². The second kappa shape index (κ2) is 6.26. The standard InChI is InChI=1S/C18H13ClFNO2/c1-11-14(3-2-4-15(11)19)16-9-10-17(23-16)18(22)21-13-7-5-12(20)6-8-13/h2-10H,1H3,(H,21,22). The molecule has 5 heteroatoms. The molecule has 3 rings (SSSR count). The molecule has 0 unspecified atom stereocenters. The number of carbonyl (C=O) groups excluding carboxylic acids is 1. The summed E-state index contributed by atoms with van der Waals surface area (Å²) in [6, 6.07) is 14.3. The predicted molar refractivity (Wildman–Crippen MR) is 88.2 cm³/mol. The smallest absolute Gasteiger partial charge is 0.291 e. The lowest BCUT2D eigenvalue weighted by molar-refractivity contribution is 0.0997. The molecule has 0 saturated heterocycles. The third-order valence-electron chi connectivity index (χ3n) is 3.47. The molecule has 0 aliphatic carbocycles. The molecule has 1 aromatic heterocycles. The Morgan fingerprint density at radius 2 is 1.83 bits per heavy atom. The predicted octanol–water partition coefficient (Wildman–Crippen LogP) is 5.30. The summed E-state index contributed by atoms with van der Waals surface area (Å²) in [6.07, 6.45) is 0. The van der Waals surface area contributed by atoms with E-state index in [2.05, 4.69) is 5.32 Å². The minimum atomic E-state index is -0.400. The first-order valence-electron chi connectivity index (χ1n) is 6.97. The maximum Gasteiger partial charge on any atom is 0.291 e. The van der Waals surface area contributed by atoms with Crippen LogP contribution in [0.1, 0.15) is 16.1 Å². The Hall–Kier alpha value is -2.59. The minimum absolute atomic E-state index is 0.170. The quantitative estimate of drug-likeness (QED) is 0.708. The molecule has 1 amide bonds. The second-order valence-corrected chi connectivity index (χ2v) is 5.44. The molecule has 3 nitrogen and oxygen atoms in total. The van der Waals surface area contributed by atoms with Gasteiger partial charge in [0.05, 0.1) is 0 Å². The number of furan rings is 1. The molecule has 1 N–H and O–H groups in total. The van der Waals surface area contributed by atoms with Gasteiger partial charge in [0.25, 0.3) is 5.91 Å². The SMILES string of the molecule is Cc1c(Cl)cccc1-c1ccc(C(=O)Nc2ccc(F)cc2)o1. The number of hydrogen-bond acceptors (Lipinski definition) is 2. The monoisotopic (exact) mass is 329 g/mol. The van der Waals surface area contributed by atoms with Gasteiger partial charge >= 0.3 is 0 Å². The Morgan fingerprint density at radius 3 is 2.57 bits per heavy atom. The highest BCUT2D eigenvalue weighted by Gasteiger charge is 2.14. The van der Waals surface area contributed by atoms with Gasteiger partial charge in [0.1, 0.15) is 11.6 Å². The Bertz CT molecular complexity index is 856. The van der Waals surface area contributed by atoms with E-state index in [1.54, 1.807) is 18.2 Å². The molecule has 2 aromatic carbocycles. The van der Waals surface area contributed by atoms with Crippen LogP contribution in [0.3, 0.4) is 0 Å². The van der Waals surface area contributed by atoms with Crippen LogP contribution in [0.5, 0.6) is 0 Å². The number of carbonyl (C=O) groups is 1. The first-order chi connectivity index (χ1) is 11.0. The number of anilines is 1. The van der Waals surface area contributed by atoms with Crippen molar-refractivity contribution in [2.24, 2.45) is 0 Å². The average molecular weight is 330 g/mol. The lowest BCUT2D eigenvalue weighted by Crippen LogP contribution is -2.10. The maximum atomic E-state index is 12.9. The molecule has 1 heterocycles. The van der Waals surface area contributed by atoms with Crippen molar-refractivity contribution in [3.8, 4) is 11.3 Å². The second-order valence-electron chi connectivity index (χ2n) is 5.04. The first-order valence-corrected chi connectivity index (χ1v) is 7.34. The summed E-state index contributed by atoms with van der Waals surface area (Å²) in [6.45, 7) is 1.89. The van der Waals surface area contributed by atoms with Gasteiger partial charge in [0.15, 0.2) is 5.76 Å². The van der Waals surface area contributed by atoms with E-state index in [0.717, 1.165) is 11.1 Å². The van der Waals surface area contributed by atoms with Gasteiger partial charge in [-0.25, -0.2) is 4.39 Å². The molecular weight excluding hydrogens is 317 g/mol. The molecule has 0 aliphatic rings. The molecule has 0 aliphatic heterocycles. The minimum Gasteiger partial charge on any atom is -0.451 e. The van der Waals surface area contributed by atoms with Gasteiger partial charge < -0.3 is 9.73 Å². The zero-order chi connectivity index (χ0) is 16.4. The van der Waals surface area contributed by atoms with Gasteiger partial charge in [0.2, 0.25) is 0 Å². The van der Waals surface area contributed by atoms with E-state index in [4.69, 9.17) is 16.0 Å². The van der Waals surface area contributed by atoms with E-state index in [0.29, 0.717) is 16.5 Å². The fourth-order valence-corrected chi connectivity index (χ4v) is 2.38. The number of benzene rings is 2. The highest BCUT2D eigenvalue weighted by molar-refractivity contribution is 6.31. The Balaban J connectivity index is 1.82. The van der Waals surface area contributed by atoms with Gasteiger partial charge in [0, 0.05) is 16.3 Å². The number of nitrogens with one attached hydrogen (secondary N) is 1. The summed E-state index contributed by atoms with van der Waals surface area (Å²) in [5.41, 5.74) is 2.21. The van der Waals surface area contributed by atoms with Gasteiger partial charge in [-0.3, -0.25) is 4.79 Å². The fourth-order valence-electron chi connectivity index (χ4n) is 2.20. The van der Waals surface area contributed by atoms with E-state index >= 15 is 0 Å². The number of hydrogen-bond donors (Lipinski definition) is 1. The highest BCUT2D eigenvalue weighted by atomic mass is 35.5. The van der Waals surface area contributed by atoms with Crippen molar-refractivity contribution < 1.29 is 13.6 Å². The Labute approximate surface area is 137 Å². The molecule has 116 valence electrons. The Kier molecular flexibility index (Phi) is 4.17. The number of amides is 1. The largest absolute Gasteiger partial charge is 0.451 e. The van der Waals surface area contributed by atoms with Crippen LogP contribution in [0.4, 0.5) is 10.1 Å². The van der Waals surface area contributed by atoms with Crippen molar-refractivity contribution in [2.75, 3.05) is 5.32 Å².